The van der Waals surface area contributed by atoms with Gasteiger partial charge in [0.25, 0.3) is 5.56 Å². The maximum atomic E-state index is 13.3. The van der Waals surface area contributed by atoms with Gasteiger partial charge in [-0.1, -0.05) is 41.9 Å². The molecular weight excluding hydrogens is 549 g/mol. The van der Waals surface area contributed by atoms with Crippen LogP contribution >= 0.6 is 11.6 Å². The fourth-order valence-corrected chi connectivity index (χ4v) is 3.44. The third-order valence-electron chi connectivity index (χ3n) is 5.30. The number of rotatable bonds is 10. The lowest BCUT2D eigenvalue weighted by Crippen LogP contribution is -2.32. The molecule has 204 valence electrons. The molecule has 4 aromatic rings. The van der Waals surface area contributed by atoms with E-state index < -0.39 is 29.0 Å². The second-order valence-corrected chi connectivity index (χ2v) is 8.50. The van der Waals surface area contributed by atoms with Crippen LogP contribution in [0.2, 0.25) is 5.02 Å². The van der Waals surface area contributed by atoms with Crippen molar-refractivity contribution in [3.63, 3.8) is 0 Å². The summed E-state index contributed by atoms with van der Waals surface area (Å²) in [5, 5.41) is -0.0151. The molecule has 13 heteroatoms. The van der Waals surface area contributed by atoms with Gasteiger partial charge in [0, 0.05) is 18.1 Å². The molecule has 2 aromatic carbocycles. The highest BCUT2D eigenvalue weighted by Gasteiger charge is 2.17. The van der Waals surface area contributed by atoms with Crippen molar-refractivity contribution in [2.45, 2.75) is 13.2 Å². The van der Waals surface area contributed by atoms with Gasteiger partial charge in [0.1, 0.15) is 11.8 Å². The summed E-state index contributed by atoms with van der Waals surface area (Å²) in [5.41, 5.74) is -1.49. The smallest absolute Gasteiger partial charge is 0.344 e. The highest BCUT2D eigenvalue weighted by Crippen LogP contribution is 2.28. The number of halogens is 2. The predicted octanol–water partition coefficient (Wildman–Crippen LogP) is 3.41. The van der Waals surface area contributed by atoms with Crippen LogP contribution in [-0.4, -0.2) is 38.9 Å². The van der Waals surface area contributed by atoms with Crippen LogP contribution in [0.5, 0.6) is 11.6 Å². The second-order valence-electron chi connectivity index (χ2n) is 8.10. The minimum Gasteiger partial charge on any atom is -0.421 e. The molecule has 0 atom stereocenters. The third kappa shape index (κ3) is 7.12. The first-order valence-corrected chi connectivity index (χ1v) is 11.9. The van der Waals surface area contributed by atoms with Gasteiger partial charge in [-0.15, -0.1) is 0 Å². The number of nitrogens with zero attached hydrogens (tertiary/aromatic N) is 2. The maximum Gasteiger partial charge on any atom is 0.344 e. The van der Waals surface area contributed by atoms with Gasteiger partial charge >= 0.3 is 17.6 Å². The predicted molar refractivity (Wildman–Crippen MR) is 138 cm³/mol. The number of carbonyl (C=O) groups excluding carboxylic acids is 3. The largest absolute Gasteiger partial charge is 0.421 e. The molecule has 2 aromatic heterocycles. The lowest BCUT2D eigenvalue weighted by atomic mass is 10.1. The van der Waals surface area contributed by atoms with Gasteiger partial charge in [0.15, 0.2) is 11.5 Å². The van der Waals surface area contributed by atoms with Crippen LogP contribution in [0.25, 0.3) is 0 Å². The van der Waals surface area contributed by atoms with E-state index in [0.717, 1.165) is 10.8 Å². The number of carbonyl (C=O) groups is 3. The van der Waals surface area contributed by atoms with Crippen molar-refractivity contribution in [1.82, 2.24) is 14.5 Å². The zero-order chi connectivity index (χ0) is 28.6. The Hall–Kier alpha value is -4.94. The molecule has 2 heterocycles. The van der Waals surface area contributed by atoms with E-state index in [1.165, 1.54) is 30.3 Å². The van der Waals surface area contributed by atoms with Gasteiger partial charge in [0.2, 0.25) is 11.7 Å². The SMILES string of the molecule is O=C(CCOCn1cc(F)c(=O)[nH]c1=O)c1cccc(C(=O)Oc2cc(OC(=O)c3ccccc3)ncc2Cl)c1. The van der Waals surface area contributed by atoms with Gasteiger partial charge in [-0.05, 0) is 24.3 Å². The van der Waals surface area contributed by atoms with E-state index in [1.54, 1.807) is 35.3 Å². The van der Waals surface area contributed by atoms with Crippen molar-refractivity contribution in [2.24, 2.45) is 0 Å². The van der Waals surface area contributed by atoms with E-state index in [-0.39, 0.29) is 53.3 Å². The van der Waals surface area contributed by atoms with E-state index >= 15 is 0 Å². The molecule has 0 spiro atoms. The van der Waals surface area contributed by atoms with Crippen LogP contribution in [0.1, 0.15) is 37.5 Å². The van der Waals surface area contributed by atoms with Crippen molar-refractivity contribution < 1.29 is 33.0 Å². The summed E-state index contributed by atoms with van der Waals surface area (Å²) in [6, 6.07) is 15.1. The number of hydrogen-bond acceptors (Lipinski definition) is 9. The molecular formula is C27H19ClFN3O8. The minimum atomic E-state index is -1.15. The topological polar surface area (TPSA) is 147 Å². The number of hydrogen-bond donors (Lipinski definition) is 1. The van der Waals surface area contributed by atoms with E-state index in [9.17, 15) is 28.4 Å². The summed E-state index contributed by atoms with van der Waals surface area (Å²) >= 11 is 6.10. The zero-order valence-corrected chi connectivity index (χ0v) is 21.2. The average Bonchev–Trinajstić information content (AvgIpc) is 2.95. The quantitative estimate of drug-likeness (QED) is 0.173. The standard InChI is InChI=1S/C27H19ClFN3O8/c28-19-13-30-23(40-25(35)16-5-2-1-3-6-16)12-22(19)39-26(36)18-8-4-7-17(11-18)21(33)9-10-38-15-32-14-20(29)24(34)31-27(32)37/h1-8,11-14H,9-10,15H2,(H,31,34,37). The van der Waals surface area contributed by atoms with Crippen molar-refractivity contribution in [1.29, 1.82) is 0 Å². The summed E-state index contributed by atoms with van der Waals surface area (Å²) in [6.45, 7) is -0.515. The van der Waals surface area contributed by atoms with Crippen molar-refractivity contribution in [3.8, 4) is 11.6 Å². The molecule has 4 rings (SSSR count). The summed E-state index contributed by atoms with van der Waals surface area (Å²) in [6.07, 6.45) is 1.74. The van der Waals surface area contributed by atoms with Crippen LogP contribution < -0.4 is 20.7 Å². The van der Waals surface area contributed by atoms with Crippen molar-refractivity contribution >= 4 is 29.3 Å². The molecule has 0 amide bonds. The number of benzene rings is 2. The lowest BCUT2D eigenvalue weighted by molar-refractivity contribution is 0.0637. The number of ketones is 1. The Morgan fingerprint density at radius 2 is 1.62 bits per heavy atom. The number of nitrogens with one attached hydrogen (secondary N) is 1. The number of esters is 2. The third-order valence-corrected chi connectivity index (χ3v) is 5.58. The average molecular weight is 568 g/mol. The minimum absolute atomic E-state index is 0.0151. The summed E-state index contributed by atoms with van der Waals surface area (Å²) < 4.78 is 29.9. The van der Waals surface area contributed by atoms with E-state index in [0.29, 0.717) is 11.8 Å². The van der Waals surface area contributed by atoms with Gasteiger partial charge in [-0.2, -0.15) is 4.39 Å². The Labute approximate surface area is 229 Å². The molecule has 0 aliphatic heterocycles. The molecule has 1 N–H and O–H groups in total. The van der Waals surface area contributed by atoms with Crippen LogP contribution in [0, 0.1) is 5.82 Å². The second kappa shape index (κ2) is 12.7. The highest BCUT2D eigenvalue weighted by molar-refractivity contribution is 6.32. The first-order chi connectivity index (χ1) is 19.2. The van der Waals surface area contributed by atoms with Gasteiger partial charge in [-0.25, -0.2) is 19.4 Å². The number of Topliss-reactive ketones (excluding diaryl/α,β-unsaturated/α-hetero) is 1. The van der Waals surface area contributed by atoms with Crippen LogP contribution in [0.15, 0.2) is 82.6 Å². The van der Waals surface area contributed by atoms with E-state index in [2.05, 4.69) is 4.98 Å². The normalized spacial score (nSPS) is 10.7. The fourth-order valence-electron chi connectivity index (χ4n) is 3.29. The Kier molecular flexibility index (Phi) is 8.94. The van der Waals surface area contributed by atoms with Crippen LogP contribution in [0.4, 0.5) is 4.39 Å². The van der Waals surface area contributed by atoms with Gasteiger partial charge in [0.05, 0.1) is 30.1 Å². The van der Waals surface area contributed by atoms with Gasteiger partial charge < -0.3 is 14.2 Å². The zero-order valence-electron chi connectivity index (χ0n) is 20.5. The highest BCUT2D eigenvalue weighted by atomic mass is 35.5. The van der Waals surface area contributed by atoms with Crippen molar-refractivity contribution in [3.05, 3.63) is 121 Å². The molecule has 40 heavy (non-hydrogen) atoms. The summed E-state index contributed by atoms with van der Waals surface area (Å²) in [7, 11) is 0. The Bertz CT molecular complexity index is 1690. The Morgan fingerprint density at radius 3 is 2.40 bits per heavy atom. The van der Waals surface area contributed by atoms with E-state index in [1.807, 2.05) is 0 Å². The number of pyridine rings is 1. The fraction of sp³-hybridized carbons (Fsp3) is 0.111. The lowest BCUT2D eigenvalue weighted by Gasteiger charge is -2.09. The Morgan fingerprint density at radius 1 is 0.925 bits per heavy atom. The monoisotopic (exact) mass is 567 g/mol. The Balaban J connectivity index is 1.35. The van der Waals surface area contributed by atoms with Crippen molar-refractivity contribution in [2.75, 3.05) is 6.61 Å². The number of ether oxygens (including phenoxy) is 3. The molecule has 0 saturated heterocycles. The molecule has 0 fully saturated rings. The molecule has 0 aliphatic carbocycles. The molecule has 0 unspecified atom stereocenters. The van der Waals surface area contributed by atoms with Crippen LogP contribution in [0.3, 0.4) is 0 Å². The molecule has 0 bridgehead atoms. The summed E-state index contributed by atoms with van der Waals surface area (Å²) in [4.78, 5) is 66.0. The van der Waals surface area contributed by atoms with Crippen LogP contribution in [-0.2, 0) is 11.5 Å². The molecule has 0 aliphatic rings. The first kappa shape index (κ1) is 28.1. The summed E-state index contributed by atoms with van der Waals surface area (Å²) in [5.74, 6) is -3.29. The van der Waals surface area contributed by atoms with E-state index in [4.69, 9.17) is 25.8 Å². The van der Waals surface area contributed by atoms with Gasteiger partial charge in [-0.3, -0.25) is 19.1 Å². The molecule has 11 nitrogen and oxygen atoms in total. The maximum absolute atomic E-state index is 13.3. The number of aromatic amines is 1. The molecule has 0 radical (unpaired) electrons. The number of H-pyrrole nitrogens is 1. The number of aromatic nitrogens is 3. The first-order valence-electron chi connectivity index (χ1n) is 11.6. The molecule has 0 saturated carbocycles.